The molecule has 1 rings (SSSR count). The fourth-order valence-corrected chi connectivity index (χ4v) is 2.54. The first-order valence-corrected chi connectivity index (χ1v) is 11.6. The van der Waals surface area contributed by atoms with Crippen molar-refractivity contribution in [3.8, 4) is 5.75 Å². The maximum absolute atomic E-state index is 10.6. The van der Waals surface area contributed by atoms with Crippen LogP contribution in [0.15, 0.2) is 24.3 Å². The summed E-state index contributed by atoms with van der Waals surface area (Å²) in [4.78, 5) is 10.1. The Morgan fingerprint density at radius 2 is 1.00 bits per heavy atom. The minimum atomic E-state index is -0.447. The number of unbranched alkanes of at least 4 members (excludes halogenated alkanes) is 2. The third kappa shape index (κ3) is 18.3. The predicted molar refractivity (Wildman–Crippen MR) is 123 cm³/mol. The van der Waals surface area contributed by atoms with E-state index in [1.165, 1.54) is 25.0 Å². The van der Waals surface area contributed by atoms with Crippen LogP contribution in [0.2, 0.25) is 0 Å². The first-order valence-electron chi connectivity index (χ1n) is 11.6. The predicted octanol–water partition coefficient (Wildman–Crippen LogP) is 3.26. The van der Waals surface area contributed by atoms with Gasteiger partial charge < -0.3 is 33.2 Å². The van der Waals surface area contributed by atoms with E-state index in [1.807, 2.05) is 0 Å². The van der Waals surface area contributed by atoms with Crippen molar-refractivity contribution < 1.29 is 38.1 Å². The number of hydrogen-bond donors (Lipinski definition) is 0. The van der Waals surface area contributed by atoms with Crippen LogP contribution in [0.1, 0.15) is 26.2 Å². The first kappa shape index (κ1) is 29.2. The minimum absolute atomic E-state index is 0.0341. The minimum Gasteiger partial charge on any atom is -0.491 e. The molecular weight excluding hydrogens is 434 g/mol. The molecule has 0 amide bonds. The smallest absolute Gasteiger partial charge is 0.269 e. The summed E-state index contributed by atoms with van der Waals surface area (Å²) in [6.07, 6.45) is 3.53. The molecule has 0 aliphatic heterocycles. The van der Waals surface area contributed by atoms with E-state index in [2.05, 4.69) is 6.92 Å². The van der Waals surface area contributed by atoms with Crippen molar-refractivity contribution in [2.24, 2.45) is 0 Å². The van der Waals surface area contributed by atoms with E-state index in [9.17, 15) is 10.1 Å². The number of rotatable bonds is 24. The van der Waals surface area contributed by atoms with Gasteiger partial charge in [-0.3, -0.25) is 10.1 Å². The van der Waals surface area contributed by atoms with Gasteiger partial charge in [0, 0.05) is 18.7 Å². The van der Waals surface area contributed by atoms with Crippen molar-refractivity contribution in [3.05, 3.63) is 34.4 Å². The van der Waals surface area contributed by atoms with E-state index >= 15 is 0 Å². The first-order chi connectivity index (χ1) is 16.2. The highest BCUT2D eigenvalue weighted by Gasteiger charge is 2.04. The number of ether oxygens (including phenoxy) is 7. The fraction of sp³-hybridized carbons (Fsp3) is 0.739. The highest BCUT2D eigenvalue weighted by atomic mass is 16.6. The molecule has 33 heavy (non-hydrogen) atoms. The van der Waals surface area contributed by atoms with Crippen LogP contribution in [0.4, 0.5) is 5.69 Å². The third-order valence-electron chi connectivity index (χ3n) is 4.30. The molecule has 0 heterocycles. The molecule has 0 aromatic heterocycles. The van der Waals surface area contributed by atoms with Gasteiger partial charge in [-0.2, -0.15) is 0 Å². The summed E-state index contributed by atoms with van der Waals surface area (Å²) in [7, 11) is 0. The van der Waals surface area contributed by atoms with Gasteiger partial charge in [-0.25, -0.2) is 0 Å². The van der Waals surface area contributed by atoms with Gasteiger partial charge in [-0.15, -0.1) is 0 Å². The van der Waals surface area contributed by atoms with E-state index in [4.69, 9.17) is 33.2 Å². The Morgan fingerprint density at radius 1 is 0.606 bits per heavy atom. The van der Waals surface area contributed by atoms with E-state index < -0.39 is 4.92 Å². The average molecular weight is 474 g/mol. The molecule has 0 N–H and O–H groups in total. The molecule has 0 aliphatic carbocycles. The maximum atomic E-state index is 10.6. The van der Waals surface area contributed by atoms with Gasteiger partial charge in [0.2, 0.25) is 0 Å². The van der Waals surface area contributed by atoms with Crippen molar-refractivity contribution in [1.29, 1.82) is 0 Å². The highest BCUT2D eigenvalue weighted by molar-refractivity contribution is 5.35. The van der Waals surface area contributed by atoms with Crippen LogP contribution in [0, 0.1) is 10.1 Å². The van der Waals surface area contributed by atoms with Crippen LogP contribution in [0.25, 0.3) is 0 Å². The van der Waals surface area contributed by atoms with Gasteiger partial charge in [0.05, 0.1) is 77.6 Å². The molecule has 10 heteroatoms. The number of nitrogens with zero attached hydrogens (tertiary/aromatic N) is 1. The zero-order valence-corrected chi connectivity index (χ0v) is 19.7. The van der Waals surface area contributed by atoms with Crippen LogP contribution >= 0.6 is 0 Å². The van der Waals surface area contributed by atoms with Gasteiger partial charge in [-0.05, 0) is 18.6 Å². The lowest BCUT2D eigenvalue weighted by molar-refractivity contribution is -0.384. The summed E-state index contributed by atoms with van der Waals surface area (Å²) in [5.74, 6) is 0.567. The average Bonchev–Trinajstić information content (AvgIpc) is 2.82. The molecule has 0 aliphatic rings. The van der Waals surface area contributed by atoms with Gasteiger partial charge in [0.25, 0.3) is 5.69 Å². The van der Waals surface area contributed by atoms with Crippen molar-refractivity contribution >= 4 is 5.69 Å². The Hall–Kier alpha value is -1.82. The lowest BCUT2D eigenvalue weighted by atomic mass is 10.3. The summed E-state index contributed by atoms with van der Waals surface area (Å²) in [5, 5.41) is 10.6. The Bertz CT molecular complexity index is 572. The Morgan fingerprint density at radius 3 is 1.39 bits per heavy atom. The normalized spacial score (nSPS) is 11.1. The van der Waals surface area contributed by atoms with Gasteiger partial charge >= 0.3 is 0 Å². The number of benzene rings is 1. The molecule has 0 radical (unpaired) electrons. The van der Waals surface area contributed by atoms with Crippen LogP contribution in [0.3, 0.4) is 0 Å². The standard InChI is InChI=1S/C23H39NO9/c1-2-3-4-9-27-10-11-28-12-13-29-14-15-30-16-17-31-18-19-32-20-21-33-23-7-5-22(6-8-23)24(25)26/h5-8H,2-4,9-21H2,1H3. The highest BCUT2D eigenvalue weighted by Crippen LogP contribution is 2.17. The molecule has 0 saturated carbocycles. The van der Waals surface area contributed by atoms with Gasteiger partial charge in [0.15, 0.2) is 0 Å². The van der Waals surface area contributed by atoms with Crippen LogP contribution < -0.4 is 4.74 Å². The number of hydrogen-bond acceptors (Lipinski definition) is 9. The van der Waals surface area contributed by atoms with E-state index in [0.717, 1.165) is 13.0 Å². The molecule has 1 aromatic carbocycles. The molecule has 10 nitrogen and oxygen atoms in total. The maximum Gasteiger partial charge on any atom is 0.269 e. The Labute approximate surface area is 196 Å². The van der Waals surface area contributed by atoms with E-state index in [1.54, 1.807) is 12.1 Å². The second-order valence-corrected chi connectivity index (χ2v) is 6.98. The Balaban J connectivity index is 1.72. The lowest BCUT2D eigenvalue weighted by Crippen LogP contribution is -2.14. The van der Waals surface area contributed by atoms with Crippen LogP contribution in [-0.4, -0.2) is 90.8 Å². The second-order valence-electron chi connectivity index (χ2n) is 6.98. The SMILES string of the molecule is CCCCCOCCOCCOCCOCCOCCOCCOc1ccc([N+](=O)[O-])cc1. The van der Waals surface area contributed by atoms with E-state index in [-0.39, 0.29) is 5.69 Å². The molecule has 0 spiro atoms. The van der Waals surface area contributed by atoms with Crippen molar-refractivity contribution in [1.82, 2.24) is 0 Å². The zero-order chi connectivity index (χ0) is 23.8. The van der Waals surface area contributed by atoms with Gasteiger partial charge in [0.1, 0.15) is 12.4 Å². The number of nitro benzene ring substituents is 1. The summed E-state index contributed by atoms with van der Waals surface area (Å²) >= 11 is 0. The van der Waals surface area contributed by atoms with Crippen molar-refractivity contribution in [2.45, 2.75) is 26.2 Å². The number of nitro groups is 1. The molecule has 0 bridgehead atoms. The molecule has 0 unspecified atom stereocenters. The third-order valence-corrected chi connectivity index (χ3v) is 4.30. The largest absolute Gasteiger partial charge is 0.491 e. The molecular formula is C23H39NO9. The monoisotopic (exact) mass is 473 g/mol. The Kier molecular flexibility index (Phi) is 19.5. The molecule has 0 saturated heterocycles. The van der Waals surface area contributed by atoms with Gasteiger partial charge in [-0.1, -0.05) is 19.8 Å². The summed E-state index contributed by atoms with van der Waals surface area (Å²) < 4.78 is 38.0. The molecule has 0 atom stereocenters. The van der Waals surface area contributed by atoms with Crippen LogP contribution in [-0.2, 0) is 28.4 Å². The number of non-ortho nitro benzene ring substituents is 1. The molecule has 0 fully saturated rings. The molecule has 1 aromatic rings. The zero-order valence-electron chi connectivity index (χ0n) is 19.7. The quantitative estimate of drug-likeness (QED) is 0.127. The summed E-state index contributed by atoms with van der Waals surface area (Å²) in [6.45, 7) is 9.03. The fourth-order valence-electron chi connectivity index (χ4n) is 2.54. The lowest BCUT2D eigenvalue weighted by Gasteiger charge is -2.09. The molecule has 190 valence electrons. The summed E-state index contributed by atoms with van der Waals surface area (Å²) in [5.41, 5.74) is 0.0341. The van der Waals surface area contributed by atoms with Crippen LogP contribution in [0.5, 0.6) is 5.75 Å². The van der Waals surface area contributed by atoms with E-state index in [0.29, 0.717) is 85.0 Å². The second kappa shape index (κ2) is 22.0. The summed E-state index contributed by atoms with van der Waals surface area (Å²) in [6, 6.07) is 5.93. The topological polar surface area (TPSA) is 108 Å². The van der Waals surface area contributed by atoms with Crippen molar-refractivity contribution in [3.63, 3.8) is 0 Å². The van der Waals surface area contributed by atoms with Crippen molar-refractivity contribution in [2.75, 3.05) is 85.9 Å².